The van der Waals surface area contributed by atoms with Gasteiger partial charge in [0.15, 0.2) is 11.6 Å². The van der Waals surface area contributed by atoms with E-state index in [0.717, 1.165) is 39.0 Å². The molecule has 0 bridgehead atoms. The Labute approximate surface area is 225 Å². The number of Topliss-reactive ketones (excluding diaryl/α,β-unsaturated/α-hetero) is 1. The highest BCUT2D eigenvalue weighted by molar-refractivity contribution is 7.99. The first-order valence-corrected chi connectivity index (χ1v) is 13.7. The van der Waals surface area contributed by atoms with Crippen LogP contribution in [0.5, 0.6) is 0 Å². The first kappa shape index (κ1) is 25.3. The van der Waals surface area contributed by atoms with Crippen molar-refractivity contribution in [2.24, 2.45) is 5.73 Å². The van der Waals surface area contributed by atoms with Crippen LogP contribution in [-0.2, 0) is 6.54 Å². The minimum atomic E-state index is -0.591. The van der Waals surface area contributed by atoms with Crippen LogP contribution >= 0.6 is 23.4 Å². The summed E-state index contributed by atoms with van der Waals surface area (Å²) in [7, 11) is 0. The Morgan fingerprint density at radius 1 is 0.838 bits per heavy atom. The Bertz CT molecular complexity index is 1590. The quantitative estimate of drug-likeness (QED) is 0.160. The third kappa shape index (κ3) is 5.21. The van der Waals surface area contributed by atoms with Crippen molar-refractivity contribution in [2.75, 3.05) is 5.75 Å². The van der Waals surface area contributed by atoms with Crippen LogP contribution in [0, 0.1) is 0 Å². The Morgan fingerprint density at radius 3 is 2.11 bits per heavy atom. The molecule has 1 unspecified atom stereocenters. The van der Waals surface area contributed by atoms with Crippen LogP contribution in [0.4, 0.5) is 0 Å². The number of ketones is 2. The number of fused-ring (bicyclic) bond motifs is 3. The van der Waals surface area contributed by atoms with Gasteiger partial charge in [-0.25, -0.2) is 0 Å². The zero-order valence-electron chi connectivity index (χ0n) is 20.5. The maximum Gasteiger partial charge on any atom is 0.193 e. The highest BCUT2D eigenvalue weighted by Crippen LogP contribution is 2.32. The number of carbonyl (C=O) groups excluding carboxylic acids is 2. The standard InChI is InChI=1S/C31H27ClN2O2S/c1-2-34-28-14-8-21(30(35)20-6-4-3-5-7-20)18-25(28)26-19-22(9-15-29(26)34)31(36)27(33)16-17-37-24-12-10-23(32)11-13-24/h3-15,18-19,27H,2,16-17,33H2,1H3. The van der Waals surface area contributed by atoms with Gasteiger partial charge in [-0.1, -0.05) is 41.9 Å². The van der Waals surface area contributed by atoms with Gasteiger partial charge in [0.05, 0.1) is 6.04 Å². The molecule has 1 atom stereocenters. The molecule has 6 heteroatoms. The Hall–Kier alpha value is -3.38. The smallest absolute Gasteiger partial charge is 0.193 e. The fourth-order valence-electron chi connectivity index (χ4n) is 4.68. The third-order valence-electron chi connectivity index (χ3n) is 6.61. The summed E-state index contributed by atoms with van der Waals surface area (Å²) in [4.78, 5) is 27.4. The molecular weight excluding hydrogens is 500 g/mol. The molecular formula is C31H27ClN2O2S. The van der Waals surface area contributed by atoms with Crippen LogP contribution in [0.3, 0.4) is 0 Å². The summed E-state index contributed by atoms with van der Waals surface area (Å²) in [5.74, 6) is 0.636. The van der Waals surface area contributed by atoms with Gasteiger partial charge in [0.25, 0.3) is 0 Å². The van der Waals surface area contributed by atoms with E-state index in [1.807, 2.05) is 91.0 Å². The van der Waals surface area contributed by atoms with Gasteiger partial charge < -0.3 is 10.3 Å². The van der Waals surface area contributed by atoms with Crippen molar-refractivity contribution < 1.29 is 9.59 Å². The summed E-state index contributed by atoms with van der Waals surface area (Å²) in [6.45, 7) is 2.87. The van der Waals surface area contributed by atoms with E-state index < -0.39 is 6.04 Å². The normalized spacial score (nSPS) is 12.2. The van der Waals surface area contributed by atoms with Gasteiger partial charge in [-0.05, 0) is 79.8 Å². The maximum absolute atomic E-state index is 13.2. The van der Waals surface area contributed by atoms with E-state index in [9.17, 15) is 9.59 Å². The van der Waals surface area contributed by atoms with Gasteiger partial charge in [-0.3, -0.25) is 9.59 Å². The first-order valence-electron chi connectivity index (χ1n) is 12.3. The molecule has 0 fully saturated rings. The van der Waals surface area contributed by atoms with Gasteiger partial charge in [0.2, 0.25) is 0 Å². The van der Waals surface area contributed by atoms with Crippen molar-refractivity contribution >= 4 is 56.7 Å². The average Bonchev–Trinajstić information content (AvgIpc) is 3.25. The number of aryl methyl sites for hydroxylation is 1. The molecule has 4 nitrogen and oxygen atoms in total. The van der Waals surface area contributed by atoms with E-state index in [4.69, 9.17) is 17.3 Å². The summed E-state index contributed by atoms with van der Waals surface area (Å²) in [6, 6.07) is 27.9. The molecule has 0 amide bonds. The van der Waals surface area contributed by atoms with Crippen LogP contribution in [-0.4, -0.2) is 27.9 Å². The minimum Gasteiger partial charge on any atom is -0.341 e. The van der Waals surface area contributed by atoms with Crippen molar-refractivity contribution in [3.05, 3.63) is 113 Å². The second-order valence-electron chi connectivity index (χ2n) is 8.97. The molecule has 1 aromatic heterocycles. The molecule has 0 radical (unpaired) electrons. The number of rotatable bonds is 9. The highest BCUT2D eigenvalue weighted by atomic mass is 35.5. The van der Waals surface area contributed by atoms with E-state index in [-0.39, 0.29) is 11.6 Å². The zero-order valence-corrected chi connectivity index (χ0v) is 22.1. The molecule has 5 aromatic rings. The van der Waals surface area contributed by atoms with Crippen molar-refractivity contribution in [3.8, 4) is 0 Å². The van der Waals surface area contributed by atoms with E-state index in [1.54, 1.807) is 11.8 Å². The summed E-state index contributed by atoms with van der Waals surface area (Å²) in [6.07, 6.45) is 0.566. The van der Waals surface area contributed by atoms with E-state index in [2.05, 4.69) is 11.5 Å². The number of hydrogen-bond donors (Lipinski definition) is 1. The lowest BCUT2D eigenvalue weighted by atomic mass is 9.99. The number of hydrogen-bond acceptors (Lipinski definition) is 4. The van der Waals surface area contributed by atoms with Crippen molar-refractivity contribution in [2.45, 2.75) is 30.8 Å². The second kappa shape index (κ2) is 10.9. The number of nitrogens with zero attached hydrogens (tertiary/aromatic N) is 1. The predicted molar refractivity (Wildman–Crippen MR) is 154 cm³/mol. The molecule has 186 valence electrons. The average molecular weight is 527 g/mol. The third-order valence-corrected chi connectivity index (χ3v) is 7.91. The number of nitrogens with two attached hydrogens (primary N) is 1. The number of carbonyl (C=O) groups is 2. The molecule has 0 saturated heterocycles. The predicted octanol–water partition coefficient (Wildman–Crippen LogP) is 7.39. The lowest BCUT2D eigenvalue weighted by Gasteiger charge is -2.11. The fourth-order valence-corrected chi connectivity index (χ4v) is 5.74. The Kier molecular flexibility index (Phi) is 7.47. The number of benzene rings is 4. The van der Waals surface area contributed by atoms with Crippen LogP contribution in [0.15, 0.2) is 95.9 Å². The van der Waals surface area contributed by atoms with E-state index in [1.165, 1.54) is 0 Å². The molecule has 0 aliphatic carbocycles. The SMILES string of the molecule is CCn1c2ccc(C(=O)c3ccccc3)cc2c2cc(C(=O)C(N)CCSc3ccc(Cl)cc3)ccc21. The van der Waals surface area contributed by atoms with Gasteiger partial charge >= 0.3 is 0 Å². The minimum absolute atomic E-state index is 0.0210. The largest absolute Gasteiger partial charge is 0.341 e. The van der Waals surface area contributed by atoms with Crippen LogP contribution < -0.4 is 5.73 Å². The maximum atomic E-state index is 13.2. The first-order chi connectivity index (χ1) is 18.0. The highest BCUT2D eigenvalue weighted by Gasteiger charge is 2.19. The topological polar surface area (TPSA) is 65.1 Å². The molecule has 0 saturated carbocycles. The molecule has 5 rings (SSSR count). The summed E-state index contributed by atoms with van der Waals surface area (Å²) >= 11 is 7.61. The molecule has 37 heavy (non-hydrogen) atoms. The molecule has 4 aromatic carbocycles. The van der Waals surface area contributed by atoms with E-state index >= 15 is 0 Å². The van der Waals surface area contributed by atoms with Gasteiger partial charge in [0.1, 0.15) is 0 Å². The van der Waals surface area contributed by atoms with Crippen LogP contribution in [0.2, 0.25) is 5.02 Å². The van der Waals surface area contributed by atoms with E-state index in [0.29, 0.717) is 28.1 Å². The van der Waals surface area contributed by atoms with Crippen molar-refractivity contribution in [3.63, 3.8) is 0 Å². The van der Waals surface area contributed by atoms with Crippen LogP contribution in [0.25, 0.3) is 21.8 Å². The molecule has 0 aliphatic heterocycles. The molecule has 2 N–H and O–H groups in total. The molecule has 0 aliphatic rings. The fraction of sp³-hybridized carbons (Fsp3) is 0.161. The van der Waals surface area contributed by atoms with Crippen molar-refractivity contribution in [1.29, 1.82) is 0 Å². The molecule has 0 spiro atoms. The lowest BCUT2D eigenvalue weighted by Crippen LogP contribution is -2.31. The summed E-state index contributed by atoms with van der Waals surface area (Å²) in [5.41, 5.74) is 10.3. The number of thioether (sulfide) groups is 1. The van der Waals surface area contributed by atoms with Gasteiger partial charge in [-0.2, -0.15) is 0 Å². The summed E-state index contributed by atoms with van der Waals surface area (Å²) in [5, 5.41) is 2.61. The second-order valence-corrected chi connectivity index (χ2v) is 10.6. The zero-order chi connectivity index (χ0) is 25.9. The monoisotopic (exact) mass is 526 g/mol. The molecule has 1 heterocycles. The number of aromatic nitrogens is 1. The summed E-state index contributed by atoms with van der Waals surface area (Å²) < 4.78 is 2.21. The Morgan fingerprint density at radius 2 is 1.46 bits per heavy atom. The lowest BCUT2D eigenvalue weighted by molar-refractivity contribution is 0.0959. The Balaban J connectivity index is 1.42. The number of halogens is 1. The van der Waals surface area contributed by atoms with Gasteiger partial charge in [-0.15, -0.1) is 11.8 Å². The van der Waals surface area contributed by atoms with Gasteiger partial charge in [0, 0.05) is 55.0 Å². The van der Waals surface area contributed by atoms with Crippen molar-refractivity contribution in [1.82, 2.24) is 4.57 Å². The van der Waals surface area contributed by atoms with Crippen LogP contribution in [0.1, 0.15) is 39.6 Å².